The van der Waals surface area contributed by atoms with Gasteiger partial charge in [-0.2, -0.15) is 5.26 Å². The van der Waals surface area contributed by atoms with Crippen LogP contribution in [0.2, 0.25) is 0 Å². The van der Waals surface area contributed by atoms with Crippen molar-refractivity contribution >= 4 is 35.2 Å². The monoisotopic (exact) mass is 572 g/mol. The number of aromatic nitrogens is 1. The van der Waals surface area contributed by atoms with Gasteiger partial charge in [0.2, 0.25) is 11.8 Å². The third-order valence-electron chi connectivity index (χ3n) is 9.04. The molecule has 3 amide bonds. The molecule has 5 rings (SSSR count). The van der Waals surface area contributed by atoms with Crippen LogP contribution in [0.4, 0.5) is 5.69 Å². The average molecular weight is 573 g/mol. The first kappa shape index (κ1) is 29.3. The molecule has 41 heavy (non-hydrogen) atoms. The van der Waals surface area contributed by atoms with Crippen LogP contribution in [0.3, 0.4) is 0 Å². The Hall–Kier alpha value is -3.18. The van der Waals surface area contributed by atoms with Gasteiger partial charge in [0, 0.05) is 11.7 Å². The van der Waals surface area contributed by atoms with Crippen molar-refractivity contribution in [1.29, 1.82) is 5.26 Å². The van der Waals surface area contributed by atoms with Crippen LogP contribution in [0.5, 0.6) is 0 Å². The molecule has 216 valence electrons. The highest BCUT2D eigenvalue weighted by molar-refractivity contribution is 8.00. The Morgan fingerprint density at radius 2 is 1.80 bits per heavy atom. The third kappa shape index (κ3) is 6.21. The number of imide groups is 1. The number of carbonyl (C=O) groups is 3. The van der Waals surface area contributed by atoms with Gasteiger partial charge in [0.1, 0.15) is 17.1 Å². The summed E-state index contributed by atoms with van der Waals surface area (Å²) in [6, 6.07) is 10.7. The van der Waals surface area contributed by atoms with Gasteiger partial charge in [0.15, 0.2) is 0 Å². The van der Waals surface area contributed by atoms with E-state index in [1.165, 1.54) is 16.7 Å². The number of fused-ring (bicyclic) bond motifs is 1. The zero-order valence-corrected chi connectivity index (χ0v) is 25.4. The van der Waals surface area contributed by atoms with Crippen LogP contribution in [-0.4, -0.2) is 45.4 Å². The van der Waals surface area contributed by atoms with Crippen molar-refractivity contribution in [3.05, 3.63) is 52.7 Å². The predicted octanol–water partition coefficient (Wildman–Crippen LogP) is 6.00. The van der Waals surface area contributed by atoms with E-state index in [1.807, 2.05) is 25.1 Å². The highest BCUT2D eigenvalue weighted by atomic mass is 32.2. The molecule has 2 atom stereocenters. The molecule has 0 radical (unpaired) electrons. The number of hydrogen-bond acceptors (Lipinski definition) is 6. The second-order valence-corrected chi connectivity index (χ2v) is 13.8. The molecule has 3 aliphatic rings. The fourth-order valence-corrected chi connectivity index (χ4v) is 7.41. The van der Waals surface area contributed by atoms with E-state index in [9.17, 15) is 19.6 Å². The lowest BCUT2D eigenvalue weighted by Gasteiger charge is -2.37. The van der Waals surface area contributed by atoms with E-state index < -0.39 is 6.04 Å². The van der Waals surface area contributed by atoms with Gasteiger partial charge in [-0.15, -0.1) is 0 Å². The van der Waals surface area contributed by atoms with Gasteiger partial charge >= 0.3 is 0 Å². The van der Waals surface area contributed by atoms with Crippen molar-refractivity contribution in [3.63, 3.8) is 0 Å². The smallest absolute Gasteiger partial charge is 0.257 e. The Kier molecular flexibility index (Phi) is 8.56. The molecule has 0 N–H and O–H groups in total. The molecule has 2 heterocycles. The molecule has 8 heteroatoms. The maximum absolute atomic E-state index is 13.9. The number of pyridine rings is 1. The van der Waals surface area contributed by atoms with E-state index in [0.29, 0.717) is 22.2 Å². The van der Waals surface area contributed by atoms with Gasteiger partial charge in [0.25, 0.3) is 5.91 Å². The van der Waals surface area contributed by atoms with Crippen LogP contribution in [0.25, 0.3) is 0 Å². The van der Waals surface area contributed by atoms with E-state index in [4.69, 9.17) is 4.98 Å². The first-order valence-corrected chi connectivity index (χ1v) is 15.9. The van der Waals surface area contributed by atoms with Crippen LogP contribution >= 0.6 is 11.8 Å². The first-order valence-electron chi connectivity index (χ1n) is 14.9. The van der Waals surface area contributed by atoms with Crippen molar-refractivity contribution in [2.75, 3.05) is 10.7 Å². The zero-order valence-electron chi connectivity index (χ0n) is 24.6. The maximum Gasteiger partial charge on any atom is 0.257 e. The summed E-state index contributed by atoms with van der Waals surface area (Å²) in [5, 5.41) is 10.5. The number of aryl methyl sites for hydroxylation is 2. The molecular formula is C33H40N4O3S. The van der Waals surface area contributed by atoms with Gasteiger partial charge in [-0.3, -0.25) is 14.4 Å². The van der Waals surface area contributed by atoms with Crippen molar-refractivity contribution in [3.8, 4) is 6.07 Å². The molecule has 1 aliphatic heterocycles. The van der Waals surface area contributed by atoms with Gasteiger partial charge in [-0.05, 0) is 74.1 Å². The lowest BCUT2D eigenvalue weighted by atomic mass is 9.71. The summed E-state index contributed by atoms with van der Waals surface area (Å²) in [5.74, 6) is -0.166. The zero-order chi connectivity index (χ0) is 29.3. The number of anilines is 1. The summed E-state index contributed by atoms with van der Waals surface area (Å²) in [7, 11) is 0. The van der Waals surface area contributed by atoms with Gasteiger partial charge < -0.3 is 4.90 Å². The minimum absolute atomic E-state index is 0.00486. The largest absolute Gasteiger partial charge is 0.326 e. The molecule has 0 spiro atoms. The van der Waals surface area contributed by atoms with Crippen LogP contribution in [0.1, 0.15) is 88.1 Å². The quantitative estimate of drug-likeness (QED) is 0.311. The summed E-state index contributed by atoms with van der Waals surface area (Å²) in [4.78, 5) is 48.5. The molecule has 1 saturated heterocycles. The SMILES string of the molecule is Cc1ccc(N2C(=O)CC(N(C(=O)CSc3nc4c(cc3C#N)CC(C(C)(C)C)CC4)C3CCCCC3)C2=O)cc1. The lowest BCUT2D eigenvalue weighted by Crippen LogP contribution is -2.52. The summed E-state index contributed by atoms with van der Waals surface area (Å²) >= 11 is 1.28. The van der Waals surface area contributed by atoms with Crippen LogP contribution in [-0.2, 0) is 27.2 Å². The molecule has 1 aromatic heterocycles. The topological polar surface area (TPSA) is 94.4 Å². The minimum atomic E-state index is -0.804. The molecule has 2 aliphatic carbocycles. The third-order valence-corrected chi connectivity index (χ3v) is 10.0. The average Bonchev–Trinajstić information content (AvgIpc) is 3.24. The second kappa shape index (κ2) is 12.0. The number of amides is 3. The van der Waals surface area contributed by atoms with E-state index in [-0.39, 0.29) is 41.4 Å². The molecule has 2 aromatic rings. The number of thioether (sulfide) groups is 1. The predicted molar refractivity (Wildman–Crippen MR) is 160 cm³/mol. The molecule has 0 bridgehead atoms. The Morgan fingerprint density at radius 3 is 2.46 bits per heavy atom. The Morgan fingerprint density at radius 1 is 1.10 bits per heavy atom. The van der Waals surface area contributed by atoms with Crippen molar-refractivity contribution in [1.82, 2.24) is 9.88 Å². The number of nitrogens with zero attached hydrogens (tertiary/aromatic N) is 4. The van der Waals surface area contributed by atoms with Gasteiger partial charge in [0.05, 0.1) is 23.4 Å². The summed E-state index contributed by atoms with van der Waals surface area (Å²) in [5.41, 5.74) is 4.44. The second-order valence-electron chi connectivity index (χ2n) is 12.9. The minimum Gasteiger partial charge on any atom is -0.326 e. The number of rotatable bonds is 6. The fraction of sp³-hybridized carbons (Fsp3) is 0.545. The standard InChI is InChI=1S/C33H40N4O3S/c1-21-10-13-26(14-11-21)37-29(38)18-28(32(37)40)36(25-8-6-5-7-9-25)30(39)20-41-31-23(19-34)16-22-17-24(33(2,3)4)12-15-27(22)35-31/h10-11,13-14,16,24-25,28H,5-9,12,15,17-18,20H2,1-4H3. The van der Waals surface area contributed by atoms with Crippen molar-refractivity contribution < 1.29 is 14.4 Å². The number of hydrogen-bond donors (Lipinski definition) is 0. The fourth-order valence-electron chi connectivity index (χ4n) is 6.57. The van der Waals surface area contributed by atoms with Crippen LogP contribution in [0, 0.1) is 29.6 Å². The van der Waals surface area contributed by atoms with Crippen LogP contribution in [0.15, 0.2) is 35.4 Å². The normalized spacial score (nSPS) is 21.5. The number of nitriles is 1. The molecule has 7 nitrogen and oxygen atoms in total. The molecule has 1 aromatic carbocycles. The van der Waals surface area contributed by atoms with Gasteiger partial charge in [-0.25, -0.2) is 9.88 Å². The van der Waals surface area contributed by atoms with Crippen LogP contribution < -0.4 is 4.90 Å². The maximum atomic E-state index is 13.9. The van der Waals surface area contributed by atoms with E-state index in [0.717, 1.165) is 68.2 Å². The summed E-state index contributed by atoms with van der Waals surface area (Å²) < 4.78 is 0. The Balaban J connectivity index is 1.36. The molecule has 2 unspecified atom stereocenters. The molecule has 1 saturated carbocycles. The Bertz CT molecular complexity index is 1370. The highest BCUT2D eigenvalue weighted by Crippen LogP contribution is 2.38. The van der Waals surface area contributed by atoms with E-state index in [2.05, 4.69) is 26.8 Å². The van der Waals surface area contributed by atoms with E-state index in [1.54, 1.807) is 17.0 Å². The lowest BCUT2D eigenvalue weighted by molar-refractivity contribution is -0.139. The molecular weight excluding hydrogens is 532 g/mol. The number of carbonyl (C=O) groups excluding carboxylic acids is 3. The van der Waals surface area contributed by atoms with Crippen molar-refractivity contribution in [2.24, 2.45) is 11.3 Å². The summed E-state index contributed by atoms with van der Waals surface area (Å²) in [6.45, 7) is 8.74. The number of benzene rings is 1. The summed E-state index contributed by atoms with van der Waals surface area (Å²) in [6.07, 6.45) is 7.60. The highest BCUT2D eigenvalue weighted by Gasteiger charge is 2.46. The first-order chi connectivity index (χ1) is 19.6. The van der Waals surface area contributed by atoms with Gasteiger partial charge in [-0.1, -0.05) is 69.5 Å². The molecule has 2 fully saturated rings. The van der Waals surface area contributed by atoms with Crippen molar-refractivity contribution in [2.45, 2.75) is 103 Å². The Labute approximate surface area is 247 Å². The van der Waals surface area contributed by atoms with E-state index >= 15 is 0 Å².